The summed E-state index contributed by atoms with van der Waals surface area (Å²) >= 11 is 0. The zero-order valence-corrected chi connectivity index (χ0v) is 21.9. The lowest BCUT2D eigenvalue weighted by molar-refractivity contribution is -0.903. The highest BCUT2D eigenvalue weighted by Crippen LogP contribution is 2.23. The van der Waals surface area contributed by atoms with E-state index < -0.39 is 0 Å². The maximum Gasteiger partial charge on any atom is 0.311 e. The van der Waals surface area contributed by atoms with Crippen molar-refractivity contribution in [2.45, 2.75) is 84.3 Å². The van der Waals surface area contributed by atoms with Gasteiger partial charge in [0.15, 0.2) is 0 Å². The van der Waals surface area contributed by atoms with Gasteiger partial charge in [0, 0.05) is 5.56 Å². The number of para-hydroxylation sites is 1. The van der Waals surface area contributed by atoms with Gasteiger partial charge in [-0.15, -0.1) is 0 Å². The molecule has 1 atom stereocenters. The van der Waals surface area contributed by atoms with Crippen LogP contribution in [0.15, 0.2) is 54.6 Å². The number of hydrogen-bond donors (Lipinski definition) is 0. The van der Waals surface area contributed by atoms with E-state index in [2.05, 4.69) is 64.3 Å². The molecule has 0 bridgehead atoms. The molecular formula is C30H46NO3+. The van der Waals surface area contributed by atoms with E-state index >= 15 is 0 Å². The van der Waals surface area contributed by atoms with Gasteiger partial charge in [0.2, 0.25) is 0 Å². The molecule has 0 N–H and O–H groups in total. The summed E-state index contributed by atoms with van der Waals surface area (Å²) in [4.78, 5) is 12.4. The van der Waals surface area contributed by atoms with Gasteiger partial charge in [0.05, 0.1) is 27.1 Å². The minimum atomic E-state index is -0.151. The lowest BCUT2D eigenvalue weighted by Crippen LogP contribution is -2.40. The van der Waals surface area contributed by atoms with Crippen LogP contribution in [0.1, 0.15) is 76.3 Å². The Morgan fingerprint density at radius 2 is 1.56 bits per heavy atom. The average Bonchev–Trinajstić information content (AvgIpc) is 2.83. The number of rotatable bonds is 17. The number of hydrogen-bond acceptors (Lipinski definition) is 3. The lowest BCUT2D eigenvalue weighted by atomic mass is 10.0. The first-order chi connectivity index (χ1) is 16.4. The molecule has 1 unspecified atom stereocenters. The van der Waals surface area contributed by atoms with Crippen LogP contribution in [0, 0.1) is 0 Å². The van der Waals surface area contributed by atoms with Crippen molar-refractivity contribution < 1.29 is 18.8 Å². The molecule has 0 radical (unpaired) electrons. The van der Waals surface area contributed by atoms with Gasteiger partial charge in [-0.1, -0.05) is 94.5 Å². The summed E-state index contributed by atoms with van der Waals surface area (Å²) in [5.74, 6) is 0.779. The first kappa shape index (κ1) is 27.9. The number of ether oxygens (including phenoxy) is 2. The molecule has 4 heteroatoms. The van der Waals surface area contributed by atoms with E-state index in [0.717, 1.165) is 36.2 Å². The van der Waals surface area contributed by atoms with Crippen molar-refractivity contribution in [1.29, 1.82) is 0 Å². The van der Waals surface area contributed by atoms with Gasteiger partial charge >= 0.3 is 5.97 Å². The van der Waals surface area contributed by atoms with Crippen molar-refractivity contribution in [3.05, 3.63) is 65.7 Å². The van der Waals surface area contributed by atoms with Crippen LogP contribution in [0.5, 0.6) is 5.75 Å². The third-order valence-electron chi connectivity index (χ3n) is 6.33. The number of nitrogens with zero attached hydrogens (tertiary/aromatic N) is 1. The maximum atomic E-state index is 12.4. The number of carbonyl (C=O) groups is 1. The molecule has 188 valence electrons. The summed E-state index contributed by atoms with van der Waals surface area (Å²) in [6, 6.07) is 18.7. The summed E-state index contributed by atoms with van der Waals surface area (Å²) in [7, 11) is 4.30. The third kappa shape index (κ3) is 11.2. The summed E-state index contributed by atoms with van der Waals surface area (Å²) in [5, 5.41) is 0. The summed E-state index contributed by atoms with van der Waals surface area (Å²) in [5.41, 5.74) is 2.53. The normalized spacial score (nSPS) is 12.4. The van der Waals surface area contributed by atoms with Crippen LogP contribution in [-0.4, -0.2) is 43.8 Å². The largest absolute Gasteiger partial charge is 0.487 e. The zero-order valence-electron chi connectivity index (χ0n) is 21.9. The molecular weight excluding hydrogens is 422 g/mol. The number of aryl methyl sites for hydroxylation is 1. The maximum absolute atomic E-state index is 12.4. The molecule has 2 aromatic rings. The fourth-order valence-electron chi connectivity index (χ4n) is 4.14. The average molecular weight is 469 g/mol. The standard InChI is InChI=1S/C30H46NO3/c1-5-7-8-9-10-14-19-27-20-15-16-21-29(27)34-28(6-2)25-33-30(32)22-23-31(3,4)24-26-17-12-11-13-18-26/h11-13,15-18,20-21,28H,5-10,14,19,22-25H2,1-4H3/q+1. The van der Waals surface area contributed by atoms with Crippen LogP contribution in [0.25, 0.3) is 0 Å². The van der Waals surface area contributed by atoms with Crippen molar-refractivity contribution in [3.8, 4) is 5.75 Å². The van der Waals surface area contributed by atoms with Crippen LogP contribution in [0.3, 0.4) is 0 Å². The second kappa shape index (κ2) is 15.5. The molecule has 0 amide bonds. The first-order valence-electron chi connectivity index (χ1n) is 13.2. The van der Waals surface area contributed by atoms with Crippen LogP contribution in [0.4, 0.5) is 0 Å². The fraction of sp³-hybridized carbons (Fsp3) is 0.567. The highest BCUT2D eigenvalue weighted by atomic mass is 16.6. The van der Waals surface area contributed by atoms with Crippen molar-refractivity contribution >= 4 is 5.97 Å². The Labute approximate surface area is 207 Å². The smallest absolute Gasteiger partial charge is 0.311 e. The van der Waals surface area contributed by atoms with Gasteiger partial charge in [-0.25, -0.2) is 0 Å². The molecule has 2 rings (SSSR count). The molecule has 34 heavy (non-hydrogen) atoms. The van der Waals surface area contributed by atoms with Gasteiger partial charge in [-0.3, -0.25) is 4.79 Å². The summed E-state index contributed by atoms with van der Waals surface area (Å²) in [6.45, 7) is 6.26. The van der Waals surface area contributed by atoms with Crippen molar-refractivity contribution in [3.63, 3.8) is 0 Å². The molecule has 0 aliphatic heterocycles. The first-order valence-corrected chi connectivity index (χ1v) is 13.2. The quantitative estimate of drug-likeness (QED) is 0.143. The molecule has 4 nitrogen and oxygen atoms in total. The molecule has 0 saturated heterocycles. The van der Waals surface area contributed by atoms with Gasteiger partial charge in [-0.05, 0) is 30.9 Å². The molecule has 0 aliphatic rings. The van der Waals surface area contributed by atoms with Gasteiger partial charge in [0.25, 0.3) is 0 Å². The Balaban J connectivity index is 1.76. The fourth-order valence-corrected chi connectivity index (χ4v) is 4.14. The lowest BCUT2D eigenvalue weighted by Gasteiger charge is -2.29. The van der Waals surface area contributed by atoms with Crippen LogP contribution < -0.4 is 4.74 Å². The number of quaternary nitrogens is 1. The van der Waals surface area contributed by atoms with E-state index in [9.17, 15) is 4.79 Å². The Hall–Kier alpha value is -2.33. The molecule has 2 aromatic carbocycles. The van der Waals surface area contributed by atoms with E-state index in [-0.39, 0.29) is 12.1 Å². The van der Waals surface area contributed by atoms with E-state index in [4.69, 9.17) is 9.47 Å². The minimum absolute atomic E-state index is 0.124. The predicted octanol–water partition coefficient (Wildman–Crippen LogP) is 6.96. The molecule has 0 saturated carbocycles. The SMILES string of the molecule is CCCCCCCCc1ccccc1OC(CC)COC(=O)CC[N+](C)(C)Cc1ccccc1. The monoisotopic (exact) mass is 468 g/mol. The number of esters is 1. The Kier molecular flexibility index (Phi) is 12.8. The van der Waals surface area contributed by atoms with Gasteiger partial charge < -0.3 is 14.0 Å². The molecule has 0 heterocycles. The predicted molar refractivity (Wildman–Crippen MR) is 141 cm³/mol. The van der Waals surface area contributed by atoms with Crippen LogP contribution >= 0.6 is 0 Å². The molecule has 0 spiro atoms. The second-order valence-corrected chi connectivity index (χ2v) is 10.0. The number of benzene rings is 2. The Morgan fingerprint density at radius 1 is 0.882 bits per heavy atom. The topological polar surface area (TPSA) is 35.5 Å². The molecule has 0 aliphatic carbocycles. The Bertz CT molecular complexity index is 819. The second-order valence-electron chi connectivity index (χ2n) is 10.0. The number of carbonyl (C=O) groups excluding carboxylic acids is 1. The van der Waals surface area contributed by atoms with Crippen molar-refractivity contribution in [2.24, 2.45) is 0 Å². The van der Waals surface area contributed by atoms with Crippen molar-refractivity contribution in [2.75, 3.05) is 27.2 Å². The third-order valence-corrected chi connectivity index (χ3v) is 6.33. The highest BCUT2D eigenvalue weighted by molar-refractivity contribution is 5.69. The number of unbranched alkanes of at least 4 members (excludes halogenated alkanes) is 5. The Morgan fingerprint density at radius 3 is 2.29 bits per heavy atom. The van der Waals surface area contributed by atoms with E-state index in [0.29, 0.717) is 13.0 Å². The molecule has 0 aromatic heterocycles. The van der Waals surface area contributed by atoms with E-state index in [1.54, 1.807) is 0 Å². The van der Waals surface area contributed by atoms with Gasteiger partial charge in [0.1, 0.15) is 25.0 Å². The van der Waals surface area contributed by atoms with E-state index in [1.165, 1.54) is 49.7 Å². The van der Waals surface area contributed by atoms with Crippen LogP contribution in [0.2, 0.25) is 0 Å². The van der Waals surface area contributed by atoms with Crippen LogP contribution in [-0.2, 0) is 22.5 Å². The summed E-state index contributed by atoms with van der Waals surface area (Å²) < 4.78 is 12.6. The molecule has 0 fully saturated rings. The minimum Gasteiger partial charge on any atom is -0.487 e. The van der Waals surface area contributed by atoms with Gasteiger partial charge in [-0.2, -0.15) is 0 Å². The zero-order chi connectivity index (χ0) is 24.7. The highest BCUT2D eigenvalue weighted by Gasteiger charge is 2.20. The summed E-state index contributed by atoms with van der Waals surface area (Å²) in [6.07, 6.45) is 9.83. The van der Waals surface area contributed by atoms with E-state index in [1.807, 2.05) is 18.2 Å². The van der Waals surface area contributed by atoms with Crippen molar-refractivity contribution in [1.82, 2.24) is 0 Å².